The average molecular weight is 166 g/mol. The molecular formula is C9H14N2O. The molecule has 3 heteroatoms. The third kappa shape index (κ3) is 3.71. The van der Waals surface area contributed by atoms with Gasteiger partial charge in [-0.1, -0.05) is 13.0 Å². The first-order valence-electron chi connectivity index (χ1n) is 3.80. The summed E-state index contributed by atoms with van der Waals surface area (Å²) < 4.78 is 0. The minimum absolute atomic E-state index is 0.446. The van der Waals surface area contributed by atoms with E-state index in [0.717, 1.165) is 6.42 Å². The van der Waals surface area contributed by atoms with Crippen LogP contribution in [0.1, 0.15) is 20.3 Å². The van der Waals surface area contributed by atoms with E-state index in [2.05, 4.69) is 0 Å². The lowest BCUT2D eigenvalue weighted by molar-refractivity contribution is -0.114. The Balaban J connectivity index is 4.66. The molecule has 0 heterocycles. The van der Waals surface area contributed by atoms with Gasteiger partial charge in [0.2, 0.25) is 5.91 Å². The van der Waals surface area contributed by atoms with Crippen LogP contribution in [0.4, 0.5) is 0 Å². The summed E-state index contributed by atoms with van der Waals surface area (Å²) in [5, 5.41) is 6.90. The van der Waals surface area contributed by atoms with E-state index in [1.807, 2.05) is 6.92 Å². The van der Waals surface area contributed by atoms with Gasteiger partial charge in [0.15, 0.2) is 0 Å². The van der Waals surface area contributed by atoms with Crippen LogP contribution in [0.25, 0.3) is 0 Å². The van der Waals surface area contributed by atoms with Crippen molar-refractivity contribution in [2.75, 3.05) is 0 Å². The summed E-state index contributed by atoms with van der Waals surface area (Å²) >= 11 is 0. The van der Waals surface area contributed by atoms with Crippen LogP contribution in [0.5, 0.6) is 0 Å². The van der Waals surface area contributed by atoms with Crippen LogP contribution in [-0.4, -0.2) is 12.1 Å². The van der Waals surface area contributed by atoms with Gasteiger partial charge in [0.1, 0.15) is 0 Å². The topological polar surface area (TPSA) is 66.9 Å². The number of nitrogens with one attached hydrogen (secondary N) is 1. The molecule has 0 aliphatic rings. The Bertz CT molecular complexity index is 239. The van der Waals surface area contributed by atoms with E-state index in [-0.39, 0.29) is 0 Å². The van der Waals surface area contributed by atoms with Gasteiger partial charge in [0, 0.05) is 11.8 Å². The van der Waals surface area contributed by atoms with Crippen LogP contribution in [0.2, 0.25) is 0 Å². The molecular weight excluding hydrogens is 152 g/mol. The SMILES string of the molecule is CC/C=C(/C=C(/C)C=N)C(N)=O. The smallest absolute Gasteiger partial charge is 0.248 e. The van der Waals surface area contributed by atoms with Crippen molar-refractivity contribution in [2.45, 2.75) is 20.3 Å². The molecule has 0 radical (unpaired) electrons. The van der Waals surface area contributed by atoms with Crippen molar-refractivity contribution in [1.82, 2.24) is 0 Å². The second-order valence-corrected chi connectivity index (χ2v) is 2.46. The molecule has 0 aliphatic carbocycles. The third-order valence-corrected chi connectivity index (χ3v) is 1.32. The molecule has 3 N–H and O–H groups in total. The van der Waals surface area contributed by atoms with Crippen LogP contribution < -0.4 is 5.73 Å². The van der Waals surface area contributed by atoms with Crippen LogP contribution in [0.15, 0.2) is 23.3 Å². The lowest BCUT2D eigenvalue weighted by Crippen LogP contribution is -2.12. The monoisotopic (exact) mass is 166 g/mol. The van der Waals surface area contributed by atoms with Crippen molar-refractivity contribution >= 4 is 12.1 Å². The molecule has 1 amide bonds. The van der Waals surface area contributed by atoms with Gasteiger partial charge in [-0.2, -0.15) is 0 Å². The predicted molar refractivity (Wildman–Crippen MR) is 50.1 cm³/mol. The molecule has 0 bridgehead atoms. The highest BCUT2D eigenvalue weighted by atomic mass is 16.1. The maximum Gasteiger partial charge on any atom is 0.248 e. The number of carbonyl (C=O) groups is 1. The lowest BCUT2D eigenvalue weighted by Gasteiger charge is -1.95. The van der Waals surface area contributed by atoms with Crippen LogP contribution in [0, 0.1) is 5.41 Å². The minimum atomic E-state index is -0.446. The Morgan fingerprint density at radius 3 is 2.50 bits per heavy atom. The number of hydrogen-bond donors (Lipinski definition) is 2. The molecule has 0 aromatic rings. The normalized spacial score (nSPS) is 12.8. The standard InChI is InChI=1S/C9H14N2O/c1-3-4-8(9(11)12)5-7(2)6-10/h4-6,10H,3H2,1-2H3,(H2,11,12)/b7-5-,8-4-,10-6?. The predicted octanol–water partition coefficient (Wildman–Crippen LogP) is 1.40. The van der Waals surface area contributed by atoms with Crippen LogP contribution in [0.3, 0.4) is 0 Å². The number of rotatable bonds is 4. The van der Waals surface area contributed by atoms with E-state index >= 15 is 0 Å². The molecule has 0 atom stereocenters. The van der Waals surface area contributed by atoms with Gasteiger partial charge in [0.05, 0.1) is 0 Å². The Kier molecular flexibility index (Phi) is 4.69. The summed E-state index contributed by atoms with van der Waals surface area (Å²) in [5.41, 5.74) is 6.29. The molecule has 66 valence electrons. The molecule has 0 unspecified atom stereocenters. The van der Waals surface area contributed by atoms with Gasteiger partial charge in [-0.25, -0.2) is 0 Å². The number of hydrogen-bond acceptors (Lipinski definition) is 2. The number of carbonyl (C=O) groups excluding carboxylic acids is 1. The van der Waals surface area contributed by atoms with Crippen molar-refractivity contribution in [3.05, 3.63) is 23.3 Å². The van der Waals surface area contributed by atoms with Gasteiger partial charge in [-0.05, 0) is 25.0 Å². The van der Waals surface area contributed by atoms with Crippen molar-refractivity contribution in [2.24, 2.45) is 5.73 Å². The molecule has 0 spiro atoms. The van der Waals surface area contributed by atoms with E-state index in [1.54, 1.807) is 19.1 Å². The number of nitrogens with two attached hydrogens (primary N) is 1. The zero-order valence-electron chi connectivity index (χ0n) is 7.42. The van der Waals surface area contributed by atoms with E-state index in [1.165, 1.54) is 6.21 Å². The van der Waals surface area contributed by atoms with Crippen LogP contribution >= 0.6 is 0 Å². The van der Waals surface area contributed by atoms with Gasteiger partial charge >= 0.3 is 0 Å². The first-order valence-corrected chi connectivity index (χ1v) is 3.80. The Hall–Kier alpha value is -1.38. The highest BCUT2D eigenvalue weighted by molar-refractivity contribution is 5.96. The van der Waals surface area contributed by atoms with Gasteiger partial charge in [-0.15, -0.1) is 0 Å². The zero-order chi connectivity index (χ0) is 9.56. The highest BCUT2D eigenvalue weighted by Crippen LogP contribution is 2.01. The summed E-state index contributed by atoms with van der Waals surface area (Å²) in [5.74, 6) is -0.446. The highest BCUT2D eigenvalue weighted by Gasteiger charge is 1.99. The second-order valence-electron chi connectivity index (χ2n) is 2.46. The van der Waals surface area contributed by atoms with Crippen LogP contribution in [-0.2, 0) is 4.79 Å². The summed E-state index contributed by atoms with van der Waals surface area (Å²) in [6.07, 6.45) is 5.31. The number of primary amides is 1. The maximum atomic E-state index is 10.8. The minimum Gasteiger partial charge on any atom is -0.366 e. The van der Waals surface area contributed by atoms with E-state index in [9.17, 15) is 4.79 Å². The molecule has 0 aliphatic heterocycles. The summed E-state index contributed by atoms with van der Waals surface area (Å²) in [7, 11) is 0. The fourth-order valence-corrected chi connectivity index (χ4v) is 0.738. The average Bonchev–Trinajstić information content (AvgIpc) is 2.03. The summed E-state index contributed by atoms with van der Waals surface area (Å²) in [6.45, 7) is 3.68. The van der Waals surface area contributed by atoms with Gasteiger partial charge < -0.3 is 11.1 Å². The summed E-state index contributed by atoms with van der Waals surface area (Å²) in [4.78, 5) is 10.8. The first kappa shape index (κ1) is 10.6. The molecule has 0 aromatic heterocycles. The molecule has 3 nitrogen and oxygen atoms in total. The van der Waals surface area contributed by atoms with Gasteiger partial charge in [-0.3, -0.25) is 4.79 Å². The largest absolute Gasteiger partial charge is 0.366 e. The van der Waals surface area contributed by atoms with E-state index in [0.29, 0.717) is 11.1 Å². The zero-order valence-corrected chi connectivity index (χ0v) is 7.42. The Labute approximate surface area is 72.5 Å². The Morgan fingerprint density at radius 1 is 1.58 bits per heavy atom. The van der Waals surface area contributed by atoms with E-state index < -0.39 is 5.91 Å². The number of amides is 1. The van der Waals surface area contributed by atoms with Crippen molar-refractivity contribution in [3.63, 3.8) is 0 Å². The lowest BCUT2D eigenvalue weighted by atomic mass is 10.1. The van der Waals surface area contributed by atoms with Crippen molar-refractivity contribution < 1.29 is 4.79 Å². The quantitative estimate of drug-likeness (QED) is 0.370. The van der Waals surface area contributed by atoms with Crippen molar-refractivity contribution in [1.29, 1.82) is 5.41 Å². The molecule has 12 heavy (non-hydrogen) atoms. The molecule has 0 rings (SSSR count). The van der Waals surface area contributed by atoms with Gasteiger partial charge in [0.25, 0.3) is 0 Å². The molecule has 0 aromatic carbocycles. The van der Waals surface area contributed by atoms with E-state index in [4.69, 9.17) is 11.1 Å². The summed E-state index contributed by atoms with van der Waals surface area (Å²) in [6, 6.07) is 0. The van der Waals surface area contributed by atoms with Crippen molar-refractivity contribution in [3.8, 4) is 0 Å². The maximum absolute atomic E-state index is 10.8. The number of allylic oxidation sites excluding steroid dienone is 2. The molecule has 0 saturated heterocycles. The third-order valence-electron chi connectivity index (χ3n) is 1.32. The fourth-order valence-electron chi connectivity index (χ4n) is 0.738. The molecule has 0 fully saturated rings. The fraction of sp³-hybridized carbons (Fsp3) is 0.333. The first-order chi connectivity index (χ1) is 5.61. The second kappa shape index (κ2) is 5.29. The Morgan fingerprint density at radius 2 is 2.17 bits per heavy atom. The molecule has 0 saturated carbocycles.